The number of carbonyl (C=O) groups excluding carboxylic acids is 2. The van der Waals surface area contributed by atoms with Gasteiger partial charge in [0.25, 0.3) is 0 Å². The van der Waals surface area contributed by atoms with Crippen LogP contribution in [0.25, 0.3) is 0 Å². The van der Waals surface area contributed by atoms with Gasteiger partial charge in [0.1, 0.15) is 12.3 Å². The minimum Gasteiger partial charge on any atom is -0.371 e. The van der Waals surface area contributed by atoms with E-state index in [1.807, 2.05) is 6.92 Å². The second kappa shape index (κ2) is 3.74. The number of urea groups is 2. The van der Waals surface area contributed by atoms with E-state index in [-0.39, 0.29) is 30.5 Å². The van der Waals surface area contributed by atoms with Gasteiger partial charge in [-0.2, -0.15) is 0 Å². The summed E-state index contributed by atoms with van der Waals surface area (Å²) in [7, 11) is 3.49. The highest BCUT2D eigenvalue weighted by atomic mass is 16.6. The molecule has 0 aromatic heterocycles. The van der Waals surface area contributed by atoms with Crippen LogP contribution in [-0.2, 0) is 4.74 Å². The number of likely N-dealkylation sites (N-methyl/N-ethyl adjacent to an activating group) is 3. The van der Waals surface area contributed by atoms with Crippen LogP contribution >= 0.6 is 0 Å². The molecule has 4 amide bonds. The highest BCUT2D eigenvalue weighted by Crippen LogP contribution is 2.33. The Labute approximate surface area is 106 Å². The van der Waals surface area contributed by atoms with Gasteiger partial charge in [0, 0.05) is 20.6 Å². The average Bonchev–Trinajstić information content (AvgIpc) is 3.09. The van der Waals surface area contributed by atoms with Crippen LogP contribution < -0.4 is 0 Å². The molecule has 7 heteroatoms. The van der Waals surface area contributed by atoms with Crippen molar-refractivity contribution in [2.45, 2.75) is 25.4 Å². The molecule has 3 saturated heterocycles. The molecule has 3 aliphatic heterocycles. The van der Waals surface area contributed by atoms with Crippen molar-refractivity contribution in [1.29, 1.82) is 0 Å². The zero-order valence-corrected chi connectivity index (χ0v) is 10.9. The van der Waals surface area contributed by atoms with Crippen LogP contribution in [0.2, 0.25) is 0 Å². The monoisotopic (exact) mass is 254 g/mol. The van der Waals surface area contributed by atoms with E-state index in [4.69, 9.17) is 4.74 Å². The Balaban J connectivity index is 1.91. The van der Waals surface area contributed by atoms with Crippen molar-refractivity contribution < 1.29 is 14.3 Å². The molecule has 0 radical (unpaired) electrons. The summed E-state index contributed by atoms with van der Waals surface area (Å²) in [6.07, 6.45) is -0.237. The predicted molar refractivity (Wildman–Crippen MR) is 62.7 cm³/mol. The average molecular weight is 254 g/mol. The molecular weight excluding hydrogens is 236 g/mol. The molecule has 0 aromatic carbocycles. The van der Waals surface area contributed by atoms with Gasteiger partial charge in [-0.25, -0.2) is 9.59 Å². The number of ether oxygens (including phenoxy) is 1. The molecule has 7 nitrogen and oxygen atoms in total. The Kier molecular flexibility index (Phi) is 2.41. The van der Waals surface area contributed by atoms with Crippen LogP contribution in [0.1, 0.15) is 6.92 Å². The molecule has 3 unspecified atom stereocenters. The molecule has 0 N–H and O–H groups in total. The van der Waals surface area contributed by atoms with Crippen LogP contribution in [0.4, 0.5) is 9.59 Å². The van der Waals surface area contributed by atoms with Gasteiger partial charge in [-0.1, -0.05) is 0 Å². The molecule has 3 fully saturated rings. The lowest BCUT2D eigenvalue weighted by Gasteiger charge is -2.26. The third-order valence-corrected chi connectivity index (χ3v) is 3.94. The zero-order chi connectivity index (χ0) is 13.0. The van der Waals surface area contributed by atoms with E-state index in [1.165, 1.54) is 0 Å². The van der Waals surface area contributed by atoms with Crippen molar-refractivity contribution in [1.82, 2.24) is 19.6 Å². The van der Waals surface area contributed by atoms with Gasteiger partial charge in [0.15, 0.2) is 0 Å². The van der Waals surface area contributed by atoms with Gasteiger partial charge >= 0.3 is 12.1 Å². The minimum absolute atomic E-state index is 0.00537. The summed E-state index contributed by atoms with van der Waals surface area (Å²) in [5.41, 5.74) is 0. The molecule has 0 aromatic rings. The van der Waals surface area contributed by atoms with Crippen molar-refractivity contribution in [3.8, 4) is 0 Å². The Bertz CT molecular complexity index is 398. The Morgan fingerprint density at radius 3 is 2.17 bits per heavy atom. The standard InChI is InChI=1S/C11H18N4O3/c1-4-14-8-9(13(3)10(16)12(8)2)15(11(14)17)5-7-6-18-7/h7-9H,4-6H2,1-3H3. The Hall–Kier alpha value is -1.50. The lowest BCUT2D eigenvalue weighted by Crippen LogP contribution is -2.46. The lowest BCUT2D eigenvalue weighted by atomic mass is 10.3. The van der Waals surface area contributed by atoms with Gasteiger partial charge in [-0.05, 0) is 6.92 Å². The lowest BCUT2D eigenvalue weighted by molar-refractivity contribution is 0.138. The van der Waals surface area contributed by atoms with Crippen molar-refractivity contribution in [2.75, 3.05) is 33.8 Å². The SMILES string of the molecule is CCN1C(=O)N(CC2CO2)C2C1N(C)C(=O)N2C. The maximum Gasteiger partial charge on any atom is 0.323 e. The number of rotatable bonds is 3. The molecule has 3 atom stereocenters. The molecule has 18 heavy (non-hydrogen) atoms. The molecule has 0 saturated carbocycles. The van der Waals surface area contributed by atoms with Crippen molar-refractivity contribution in [2.24, 2.45) is 0 Å². The summed E-state index contributed by atoms with van der Waals surface area (Å²) in [6, 6.07) is -0.0492. The number of hydrogen-bond donors (Lipinski definition) is 0. The largest absolute Gasteiger partial charge is 0.371 e. The number of amides is 4. The quantitative estimate of drug-likeness (QED) is 0.655. The fourth-order valence-electron chi connectivity index (χ4n) is 2.91. The second-order valence-electron chi connectivity index (χ2n) is 5.01. The van der Waals surface area contributed by atoms with Crippen LogP contribution in [-0.4, -0.2) is 83.9 Å². The van der Waals surface area contributed by atoms with Crippen LogP contribution in [0.5, 0.6) is 0 Å². The molecular formula is C11H18N4O3. The maximum atomic E-state index is 12.3. The zero-order valence-electron chi connectivity index (χ0n) is 10.9. The summed E-state index contributed by atoms with van der Waals surface area (Å²) < 4.78 is 5.20. The third kappa shape index (κ3) is 1.40. The van der Waals surface area contributed by atoms with Crippen LogP contribution in [0.3, 0.4) is 0 Å². The Morgan fingerprint density at radius 2 is 1.67 bits per heavy atom. The van der Waals surface area contributed by atoms with Crippen molar-refractivity contribution in [3.05, 3.63) is 0 Å². The highest BCUT2D eigenvalue weighted by Gasteiger charge is 2.57. The second-order valence-corrected chi connectivity index (χ2v) is 5.01. The third-order valence-electron chi connectivity index (χ3n) is 3.94. The highest BCUT2D eigenvalue weighted by molar-refractivity contribution is 5.84. The van der Waals surface area contributed by atoms with E-state index in [2.05, 4.69) is 0 Å². The van der Waals surface area contributed by atoms with Crippen LogP contribution in [0, 0.1) is 0 Å². The summed E-state index contributed by atoms with van der Waals surface area (Å²) in [5.74, 6) is 0. The fourth-order valence-corrected chi connectivity index (χ4v) is 2.91. The van der Waals surface area contributed by atoms with Gasteiger partial charge in [-0.15, -0.1) is 0 Å². The smallest absolute Gasteiger partial charge is 0.323 e. The number of carbonyl (C=O) groups is 2. The van der Waals surface area contributed by atoms with Gasteiger partial charge in [-0.3, -0.25) is 4.90 Å². The first-order chi connectivity index (χ1) is 8.56. The number of hydrogen-bond acceptors (Lipinski definition) is 3. The van der Waals surface area contributed by atoms with E-state index >= 15 is 0 Å². The summed E-state index contributed by atoms with van der Waals surface area (Å²) in [6.45, 7) is 3.82. The van der Waals surface area contributed by atoms with E-state index in [0.717, 1.165) is 0 Å². The van der Waals surface area contributed by atoms with Crippen LogP contribution in [0.15, 0.2) is 0 Å². The summed E-state index contributed by atoms with van der Waals surface area (Å²) >= 11 is 0. The maximum absolute atomic E-state index is 12.3. The van der Waals surface area contributed by atoms with E-state index < -0.39 is 0 Å². The van der Waals surface area contributed by atoms with Crippen molar-refractivity contribution >= 4 is 12.1 Å². The molecule has 0 bridgehead atoms. The summed E-state index contributed by atoms with van der Waals surface area (Å²) in [5, 5.41) is 0. The first-order valence-electron chi connectivity index (χ1n) is 6.24. The molecule has 100 valence electrons. The Morgan fingerprint density at radius 1 is 1.11 bits per heavy atom. The fraction of sp³-hybridized carbons (Fsp3) is 0.818. The number of epoxide rings is 1. The number of fused-ring (bicyclic) bond motifs is 1. The molecule has 3 heterocycles. The normalized spacial score (nSPS) is 34.7. The van der Waals surface area contributed by atoms with E-state index in [9.17, 15) is 9.59 Å². The van der Waals surface area contributed by atoms with E-state index in [0.29, 0.717) is 19.7 Å². The molecule has 3 aliphatic rings. The topological polar surface area (TPSA) is 59.6 Å². The molecule has 3 rings (SSSR count). The minimum atomic E-state index is -0.195. The first kappa shape index (κ1) is 11.6. The molecule has 0 spiro atoms. The van der Waals surface area contributed by atoms with Gasteiger partial charge in [0.05, 0.1) is 19.3 Å². The first-order valence-corrected chi connectivity index (χ1v) is 6.24. The van der Waals surface area contributed by atoms with Gasteiger partial charge in [0.2, 0.25) is 0 Å². The predicted octanol–water partition coefficient (Wildman–Crippen LogP) is -0.208. The van der Waals surface area contributed by atoms with E-state index in [1.54, 1.807) is 33.7 Å². The summed E-state index contributed by atoms with van der Waals surface area (Å²) in [4.78, 5) is 31.1. The number of nitrogens with zero attached hydrogens (tertiary/aromatic N) is 4. The molecule has 0 aliphatic carbocycles. The van der Waals surface area contributed by atoms with Crippen molar-refractivity contribution in [3.63, 3.8) is 0 Å². The van der Waals surface area contributed by atoms with Gasteiger partial charge < -0.3 is 19.4 Å².